The lowest BCUT2D eigenvalue weighted by Crippen LogP contribution is -2.61. The van der Waals surface area contributed by atoms with E-state index in [0.717, 1.165) is 96.3 Å². The van der Waals surface area contributed by atoms with Gasteiger partial charge in [-0.2, -0.15) is 0 Å². The fourth-order valence-electron chi connectivity index (χ4n) is 8.71. The summed E-state index contributed by atoms with van der Waals surface area (Å²) in [6, 6.07) is 0. The number of esters is 1. The fourth-order valence-corrected chi connectivity index (χ4v) is 8.71. The van der Waals surface area contributed by atoms with Gasteiger partial charge in [0.15, 0.2) is 12.6 Å². The second-order valence-corrected chi connectivity index (χ2v) is 20.4. The van der Waals surface area contributed by atoms with Gasteiger partial charge in [-0.15, -0.1) is 0 Å². The molecule has 7 N–H and O–H groups in total. The second-order valence-electron chi connectivity index (χ2n) is 20.4. The maximum absolute atomic E-state index is 13.1. The Kier molecular flexibility index (Phi) is 44.9. The minimum atomic E-state index is -1.72. The van der Waals surface area contributed by atoms with E-state index >= 15 is 0 Å². The third-order valence-electron chi connectivity index (χ3n) is 13.5. The fraction of sp³-hybridized carbons (Fsp3) is 0.703. The van der Waals surface area contributed by atoms with Crippen LogP contribution in [0.2, 0.25) is 0 Å². The van der Waals surface area contributed by atoms with Gasteiger partial charge in [0.2, 0.25) is 0 Å². The van der Waals surface area contributed by atoms with E-state index < -0.39 is 86.7 Å². The van der Waals surface area contributed by atoms with Gasteiger partial charge >= 0.3 is 5.97 Å². The third kappa shape index (κ3) is 35.4. The second kappa shape index (κ2) is 49.5. The highest BCUT2D eigenvalue weighted by Gasteiger charge is 2.47. The monoisotopic (exact) mass is 1100 g/mol. The van der Waals surface area contributed by atoms with Crippen molar-refractivity contribution in [3.8, 4) is 0 Å². The van der Waals surface area contributed by atoms with Gasteiger partial charge in [0.05, 0.1) is 26.4 Å². The first-order valence-corrected chi connectivity index (χ1v) is 30.0. The van der Waals surface area contributed by atoms with Gasteiger partial charge in [0.1, 0.15) is 54.9 Å². The van der Waals surface area contributed by atoms with Crippen molar-refractivity contribution < 1.29 is 69.0 Å². The summed E-state index contributed by atoms with van der Waals surface area (Å²) in [5, 5.41) is 72.4. The summed E-state index contributed by atoms with van der Waals surface area (Å²) >= 11 is 0. The quantitative estimate of drug-likeness (QED) is 0.0172. The molecule has 0 aromatic carbocycles. The molecule has 0 spiro atoms. The van der Waals surface area contributed by atoms with Gasteiger partial charge in [-0.25, -0.2) is 0 Å². The van der Waals surface area contributed by atoms with Crippen LogP contribution in [0, 0.1) is 0 Å². The van der Waals surface area contributed by atoms with Crippen molar-refractivity contribution in [1.82, 2.24) is 0 Å². The molecule has 0 aromatic rings. The SMILES string of the molecule is CC/C=C\C/C=C\C/C=C\C/C=C\C/C=C\C/C=C\C/C=C\CCCCCC(=O)OC(COCCCCCCCCCC/C=C\C/C=C\CCCCCC)COC1OC(COC2OC(CO)C(O)C(O)C2O)C(O)C(O)C1O. The number of hydrogen-bond acceptors (Lipinski definition) is 14. The summed E-state index contributed by atoms with van der Waals surface area (Å²) < 4.78 is 34.4. The molecule has 0 aliphatic carbocycles. The van der Waals surface area contributed by atoms with E-state index in [1.165, 1.54) is 64.2 Å². The Bertz CT molecular complexity index is 1700. The molecule has 14 nitrogen and oxygen atoms in total. The maximum atomic E-state index is 13.1. The largest absolute Gasteiger partial charge is 0.457 e. The van der Waals surface area contributed by atoms with Crippen LogP contribution in [0.15, 0.2) is 109 Å². The molecule has 2 aliphatic heterocycles. The Balaban J connectivity index is 1.74. The lowest BCUT2D eigenvalue weighted by molar-refractivity contribution is -0.332. The van der Waals surface area contributed by atoms with Crippen molar-refractivity contribution in [1.29, 1.82) is 0 Å². The zero-order valence-corrected chi connectivity index (χ0v) is 47.9. The average Bonchev–Trinajstić information content (AvgIpc) is 3.44. The summed E-state index contributed by atoms with van der Waals surface area (Å²) in [7, 11) is 0. The molecule has 446 valence electrons. The summed E-state index contributed by atoms with van der Waals surface area (Å²) in [5.74, 6) is -0.413. The van der Waals surface area contributed by atoms with Crippen molar-refractivity contribution in [3.05, 3.63) is 109 Å². The topological polar surface area (TPSA) is 214 Å². The van der Waals surface area contributed by atoms with Crippen LogP contribution < -0.4 is 0 Å². The molecule has 2 fully saturated rings. The maximum Gasteiger partial charge on any atom is 0.306 e. The number of aliphatic hydroxyl groups excluding tert-OH is 7. The zero-order chi connectivity index (χ0) is 56.5. The van der Waals surface area contributed by atoms with Gasteiger partial charge in [-0.05, 0) is 103 Å². The first kappa shape index (κ1) is 70.8. The van der Waals surface area contributed by atoms with Crippen molar-refractivity contribution in [2.45, 2.75) is 255 Å². The van der Waals surface area contributed by atoms with Crippen LogP contribution in [0.1, 0.15) is 187 Å². The molecule has 11 atom stereocenters. The van der Waals surface area contributed by atoms with Gasteiger partial charge in [-0.1, -0.05) is 187 Å². The normalized spacial score (nSPS) is 24.9. The predicted molar refractivity (Wildman–Crippen MR) is 311 cm³/mol. The van der Waals surface area contributed by atoms with Crippen molar-refractivity contribution in [3.63, 3.8) is 0 Å². The molecular weight excluding hydrogens is 993 g/mol. The van der Waals surface area contributed by atoms with E-state index in [9.17, 15) is 40.5 Å². The Morgan fingerprint density at radius 3 is 1.31 bits per heavy atom. The molecule has 0 radical (unpaired) electrons. The highest BCUT2D eigenvalue weighted by molar-refractivity contribution is 5.69. The number of carbonyl (C=O) groups excluding carboxylic acids is 1. The molecule has 78 heavy (non-hydrogen) atoms. The van der Waals surface area contributed by atoms with E-state index in [1.807, 2.05) is 0 Å². The van der Waals surface area contributed by atoms with Crippen LogP contribution in [-0.4, -0.2) is 142 Å². The molecule has 11 unspecified atom stereocenters. The van der Waals surface area contributed by atoms with Crippen LogP contribution in [-0.2, 0) is 33.2 Å². The van der Waals surface area contributed by atoms with Crippen LogP contribution in [0.3, 0.4) is 0 Å². The van der Waals surface area contributed by atoms with Gasteiger partial charge in [0, 0.05) is 13.0 Å². The van der Waals surface area contributed by atoms with E-state index in [-0.39, 0.29) is 19.6 Å². The molecule has 2 saturated heterocycles. The molecule has 2 rings (SSSR count). The van der Waals surface area contributed by atoms with Crippen molar-refractivity contribution >= 4 is 5.97 Å². The van der Waals surface area contributed by atoms with Crippen LogP contribution in [0.25, 0.3) is 0 Å². The Labute approximate surface area is 470 Å². The number of rotatable bonds is 47. The highest BCUT2D eigenvalue weighted by atomic mass is 16.7. The Hall–Kier alpha value is -3.35. The van der Waals surface area contributed by atoms with E-state index in [1.54, 1.807) is 0 Å². The van der Waals surface area contributed by atoms with Crippen molar-refractivity contribution in [2.24, 2.45) is 0 Å². The summed E-state index contributed by atoms with van der Waals surface area (Å²) in [4.78, 5) is 13.1. The smallest absolute Gasteiger partial charge is 0.306 e. The summed E-state index contributed by atoms with van der Waals surface area (Å²) in [6.45, 7) is 3.49. The van der Waals surface area contributed by atoms with Crippen LogP contribution >= 0.6 is 0 Å². The van der Waals surface area contributed by atoms with E-state index in [4.69, 9.17) is 28.4 Å². The van der Waals surface area contributed by atoms with Crippen LogP contribution in [0.4, 0.5) is 0 Å². The van der Waals surface area contributed by atoms with Crippen molar-refractivity contribution in [2.75, 3.05) is 33.0 Å². The number of ether oxygens (including phenoxy) is 6. The first-order valence-electron chi connectivity index (χ1n) is 30.0. The molecule has 2 heterocycles. The molecule has 2 aliphatic rings. The van der Waals surface area contributed by atoms with Gasteiger partial charge in [-0.3, -0.25) is 4.79 Å². The number of unbranched alkanes of at least 4 members (excludes halogenated alkanes) is 15. The number of hydrogen-bond donors (Lipinski definition) is 7. The van der Waals surface area contributed by atoms with E-state index in [0.29, 0.717) is 13.0 Å². The molecule has 0 saturated carbocycles. The van der Waals surface area contributed by atoms with E-state index in [2.05, 4.69) is 123 Å². The third-order valence-corrected chi connectivity index (χ3v) is 13.5. The molecule has 14 heteroatoms. The molecule has 0 amide bonds. The number of aliphatic hydroxyl groups is 7. The first-order chi connectivity index (χ1) is 38.1. The number of allylic oxidation sites excluding steroid dienone is 18. The lowest BCUT2D eigenvalue weighted by Gasteiger charge is -2.42. The average molecular weight is 1100 g/mol. The minimum Gasteiger partial charge on any atom is -0.457 e. The summed E-state index contributed by atoms with van der Waals surface area (Å²) in [6.07, 6.45) is 51.4. The zero-order valence-electron chi connectivity index (χ0n) is 47.9. The predicted octanol–water partition coefficient (Wildman–Crippen LogP) is 11.1. The van der Waals surface area contributed by atoms with Gasteiger partial charge in [0.25, 0.3) is 0 Å². The minimum absolute atomic E-state index is 0.0364. The summed E-state index contributed by atoms with van der Waals surface area (Å²) in [5.41, 5.74) is 0. The van der Waals surface area contributed by atoms with Crippen LogP contribution in [0.5, 0.6) is 0 Å². The Morgan fingerprint density at radius 1 is 0.436 bits per heavy atom. The lowest BCUT2D eigenvalue weighted by atomic mass is 9.98. The molecule has 0 bridgehead atoms. The number of carbonyl (C=O) groups is 1. The van der Waals surface area contributed by atoms with Gasteiger partial charge < -0.3 is 64.2 Å². The highest BCUT2D eigenvalue weighted by Crippen LogP contribution is 2.26. The molecular formula is C64H106O14. The Morgan fingerprint density at radius 2 is 0.833 bits per heavy atom. The standard InChI is InChI=1S/C64H106O14/c1-3-5-7-9-11-13-15-17-19-21-23-24-25-26-27-28-29-31-33-35-37-39-41-43-45-47-56(66)76-53(50-73-48-46-44-42-40-38-36-34-32-30-22-20-18-16-14-12-10-8-6-4-2)51-74-63-62(72)60(70)58(68)55(78-63)52-75-64-61(71)59(69)57(67)54(49-65)77-64/h5,7,11,13-14,16-17,19-20,22-24,26-27,29,31,35,37,53-55,57-65,67-72H,3-4,6,8-10,12,15,18,21,25,28,30,32-34,36,38-52H2,1-2H3/b7-5-,13-11-,16-14-,19-17-,22-20-,24-23-,27-26-,31-29-,37-35-. The molecule has 0 aromatic heterocycles.